The third-order valence-corrected chi connectivity index (χ3v) is 2.50. The lowest BCUT2D eigenvalue weighted by molar-refractivity contribution is -0.137. The first-order valence-corrected chi connectivity index (χ1v) is 5.02. The molecule has 84 valence electrons. The van der Waals surface area contributed by atoms with Crippen molar-refractivity contribution >= 4 is 17.7 Å². The number of anilines is 1. The number of hydrogen-bond donors (Lipinski definition) is 2. The molecule has 0 atom stereocenters. The lowest BCUT2D eigenvalue weighted by atomic mass is 10.1. The molecule has 0 fully saturated rings. The zero-order valence-corrected chi connectivity index (χ0v) is 8.64. The summed E-state index contributed by atoms with van der Waals surface area (Å²) in [7, 11) is 0. The van der Waals surface area contributed by atoms with Crippen LogP contribution < -0.4 is 5.32 Å². The van der Waals surface area contributed by atoms with Gasteiger partial charge in [-0.3, -0.25) is 4.79 Å². The summed E-state index contributed by atoms with van der Waals surface area (Å²) in [6.07, 6.45) is -0.0322. The zero-order chi connectivity index (χ0) is 11.5. The van der Waals surface area contributed by atoms with Crippen molar-refractivity contribution in [1.82, 2.24) is 4.90 Å². The summed E-state index contributed by atoms with van der Waals surface area (Å²) in [5, 5.41) is 11.3. The fraction of sp³-hybridized carbons (Fsp3) is 0.273. The van der Waals surface area contributed by atoms with Gasteiger partial charge in [0.1, 0.15) is 0 Å². The molecule has 0 unspecified atom stereocenters. The second-order valence-electron chi connectivity index (χ2n) is 3.65. The van der Waals surface area contributed by atoms with Crippen molar-refractivity contribution < 1.29 is 14.7 Å². The van der Waals surface area contributed by atoms with Crippen LogP contribution in [0.5, 0.6) is 0 Å². The fourth-order valence-corrected chi connectivity index (χ4v) is 1.66. The Balaban J connectivity index is 2.09. The highest BCUT2D eigenvalue weighted by atomic mass is 16.4. The molecular weight excluding hydrogens is 208 g/mol. The molecule has 0 spiro atoms. The van der Waals surface area contributed by atoms with Gasteiger partial charge in [0.05, 0.1) is 6.42 Å². The minimum Gasteiger partial charge on any atom is -0.481 e. The number of carbonyl (C=O) groups excluding carboxylic acids is 1. The molecule has 16 heavy (non-hydrogen) atoms. The van der Waals surface area contributed by atoms with E-state index in [9.17, 15) is 9.59 Å². The lowest BCUT2D eigenvalue weighted by Crippen LogP contribution is -2.39. The monoisotopic (exact) mass is 220 g/mol. The van der Waals surface area contributed by atoms with Gasteiger partial charge in [-0.05, 0) is 11.6 Å². The highest BCUT2D eigenvalue weighted by molar-refractivity contribution is 5.92. The first-order chi connectivity index (χ1) is 7.66. The maximum atomic E-state index is 11.6. The van der Waals surface area contributed by atoms with Crippen LogP contribution >= 0.6 is 0 Å². The standard InChI is InChI=1S/C11H12N2O3/c14-10(15)5-6-13-7-8-3-1-2-4-9(8)12-11(13)16/h1-4H,5-7H2,(H,12,16)(H,14,15). The van der Waals surface area contributed by atoms with Gasteiger partial charge in [-0.2, -0.15) is 0 Å². The van der Waals surface area contributed by atoms with E-state index in [2.05, 4.69) is 5.32 Å². The third-order valence-electron chi connectivity index (χ3n) is 2.50. The molecule has 2 rings (SSSR count). The molecule has 0 radical (unpaired) electrons. The Kier molecular flexibility index (Phi) is 2.76. The highest BCUT2D eigenvalue weighted by Crippen LogP contribution is 2.22. The van der Waals surface area contributed by atoms with Gasteiger partial charge in [0.15, 0.2) is 0 Å². The highest BCUT2D eigenvalue weighted by Gasteiger charge is 2.21. The van der Waals surface area contributed by atoms with Gasteiger partial charge in [0.25, 0.3) is 0 Å². The number of rotatable bonds is 3. The van der Waals surface area contributed by atoms with Crippen LogP contribution in [0.2, 0.25) is 0 Å². The molecule has 1 aliphatic heterocycles. The van der Waals surface area contributed by atoms with E-state index >= 15 is 0 Å². The summed E-state index contributed by atoms with van der Waals surface area (Å²) in [6.45, 7) is 0.699. The minimum absolute atomic E-state index is 0.0322. The number of amides is 2. The molecule has 1 aliphatic rings. The Labute approximate surface area is 92.7 Å². The second kappa shape index (κ2) is 4.22. The number of carboxylic acids is 1. The van der Waals surface area contributed by atoms with E-state index in [0.29, 0.717) is 6.54 Å². The summed E-state index contributed by atoms with van der Waals surface area (Å²) in [6, 6.07) is 7.27. The molecule has 1 heterocycles. The molecule has 5 heteroatoms. The van der Waals surface area contributed by atoms with Crippen LogP contribution in [0.1, 0.15) is 12.0 Å². The third kappa shape index (κ3) is 2.13. The van der Waals surface area contributed by atoms with Crippen molar-refractivity contribution in [2.75, 3.05) is 11.9 Å². The number of nitrogens with one attached hydrogen (secondary N) is 1. The van der Waals surface area contributed by atoms with E-state index in [1.54, 1.807) is 0 Å². The van der Waals surface area contributed by atoms with Crippen LogP contribution in [-0.2, 0) is 11.3 Å². The average molecular weight is 220 g/mol. The van der Waals surface area contributed by atoms with Gasteiger partial charge < -0.3 is 15.3 Å². The Hall–Kier alpha value is -2.04. The summed E-state index contributed by atoms with van der Waals surface area (Å²) >= 11 is 0. The minimum atomic E-state index is -0.897. The van der Waals surface area contributed by atoms with E-state index < -0.39 is 5.97 Å². The molecule has 1 aromatic carbocycles. The average Bonchev–Trinajstić information content (AvgIpc) is 2.26. The number of hydrogen-bond acceptors (Lipinski definition) is 2. The van der Waals surface area contributed by atoms with E-state index in [-0.39, 0.29) is 19.0 Å². The zero-order valence-electron chi connectivity index (χ0n) is 8.64. The first-order valence-electron chi connectivity index (χ1n) is 5.02. The molecule has 0 bridgehead atoms. The molecule has 0 aliphatic carbocycles. The molecule has 2 N–H and O–H groups in total. The van der Waals surface area contributed by atoms with Gasteiger partial charge in [0, 0.05) is 18.8 Å². The molecule has 0 saturated heterocycles. The predicted octanol–water partition coefficient (Wildman–Crippen LogP) is 1.51. The number of benzene rings is 1. The molecule has 0 aromatic heterocycles. The molecule has 1 aromatic rings. The van der Waals surface area contributed by atoms with Crippen molar-refractivity contribution in [1.29, 1.82) is 0 Å². The van der Waals surface area contributed by atoms with Gasteiger partial charge in [-0.15, -0.1) is 0 Å². The summed E-state index contributed by atoms with van der Waals surface area (Å²) in [5.41, 5.74) is 1.81. The normalized spacial score (nSPS) is 14.2. The summed E-state index contributed by atoms with van der Waals surface area (Å²) in [4.78, 5) is 23.5. The lowest BCUT2D eigenvalue weighted by Gasteiger charge is -2.28. The Morgan fingerprint density at radius 1 is 1.44 bits per heavy atom. The first kappa shape index (κ1) is 10.5. The van der Waals surface area contributed by atoms with E-state index in [0.717, 1.165) is 11.3 Å². The Morgan fingerprint density at radius 3 is 2.94 bits per heavy atom. The SMILES string of the molecule is O=C(O)CCN1Cc2ccccc2NC1=O. The molecule has 5 nitrogen and oxygen atoms in total. The number of carboxylic acid groups (broad SMARTS) is 1. The Morgan fingerprint density at radius 2 is 2.19 bits per heavy atom. The van der Waals surface area contributed by atoms with Crippen LogP contribution in [0, 0.1) is 0 Å². The number of carbonyl (C=O) groups is 2. The summed E-state index contributed by atoms with van der Waals surface area (Å²) in [5.74, 6) is -0.897. The topological polar surface area (TPSA) is 69.6 Å². The van der Waals surface area contributed by atoms with Gasteiger partial charge in [-0.25, -0.2) is 4.79 Å². The van der Waals surface area contributed by atoms with Gasteiger partial charge in [0.2, 0.25) is 0 Å². The Bertz CT molecular complexity index is 431. The van der Waals surface area contributed by atoms with Crippen molar-refractivity contribution in [3.05, 3.63) is 29.8 Å². The van der Waals surface area contributed by atoms with Crippen molar-refractivity contribution in [2.45, 2.75) is 13.0 Å². The van der Waals surface area contributed by atoms with Crippen molar-refractivity contribution in [3.63, 3.8) is 0 Å². The summed E-state index contributed by atoms with van der Waals surface area (Å²) < 4.78 is 0. The number of nitrogens with zero attached hydrogens (tertiary/aromatic N) is 1. The van der Waals surface area contributed by atoms with Crippen LogP contribution in [0.25, 0.3) is 0 Å². The van der Waals surface area contributed by atoms with Crippen LogP contribution in [0.3, 0.4) is 0 Å². The van der Waals surface area contributed by atoms with E-state index in [1.165, 1.54) is 4.90 Å². The van der Waals surface area contributed by atoms with E-state index in [1.807, 2.05) is 24.3 Å². The van der Waals surface area contributed by atoms with Gasteiger partial charge in [-0.1, -0.05) is 18.2 Å². The maximum Gasteiger partial charge on any atom is 0.322 e. The van der Waals surface area contributed by atoms with E-state index in [4.69, 9.17) is 5.11 Å². The number of aliphatic carboxylic acids is 1. The van der Waals surface area contributed by atoms with Crippen molar-refractivity contribution in [2.24, 2.45) is 0 Å². The molecular formula is C11H12N2O3. The largest absolute Gasteiger partial charge is 0.481 e. The number of fused-ring (bicyclic) bond motifs is 1. The predicted molar refractivity (Wildman–Crippen MR) is 58.1 cm³/mol. The smallest absolute Gasteiger partial charge is 0.322 e. The fourth-order valence-electron chi connectivity index (χ4n) is 1.66. The number of urea groups is 1. The van der Waals surface area contributed by atoms with Crippen LogP contribution in [0.15, 0.2) is 24.3 Å². The second-order valence-corrected chi connectivity index (χ2v) is 3.65. The van der Waals surface area contributed by atoms with Crippen LogP contribution in [-0.4, -0.2) is 28.6 Å². The maximum absolute atomic E-state index is 11.6. The molecule has 2 amide bonds. The van der Waals surface area contributed by atoms with Gasteiger partial charge >= 0.3 is 12.0 Å². The quantitative estimate of drug-likeness (QED) is 0.811. The molecule has 0 saturated carbocycles. The van der Waals surface area contributed by atoms with Crippen LogP contribution in [0.4, 0.5) is 10.5 Å². The van der Waals surface area contributed by atoms with Crippen molar-refractivity contribution in [3.8, 4) is 0 Å². The number of para-hydroxylation sites is 1.